The summed E-state index contributed by atoms with van der Waals surface area (Å²) in [6.45, 7) is 1.80. The molecule has 2 aromatic rings. The molecule has 4 nitrogen and oxygen atoms in total. The van der Waals surface area contributed by atoms with Gasteiger partial charge in [-0.25, -0.2) is 4.79 Å². The topological polar surface area (TPSA) is 52.3 Å². The van der Waals surface area contributed by atoms with Crippen LogP contribution in [0.15, 0.2) is 34.9 Å². The molecule has 0 saturated carbocycles. The Balaban J connectivity index is 2.52. The number of carbonyl (C=O) groups excluding carboxylic acids is 1. The van der Waals surface area contributed by atoms with Crippen molar-refractivity contribution in [3.63, 3.8) is 0 Å². The summed E-state index contributed by atoms with van der Waals surface area (Å²) < 4.78 is 9.69. The van der Waals surface area contributed by atoms with E-state index in [0.717, 1.165) is 0 Å². The van der Waals surface area contributed by atoms with Crippen molar-refractivity contribution in [2.75, 3.05) is 7.11 Å². The van der Waals surface area contributed by atoms with Crippen LogP contribution in [-0.2, 0) is 4.74 Å². The number of esters is 1. The lowest BCUT2D eigenvalue weighted by atomic mass is 10.0. The van der Waals surface area contributed by atoms with E-state index in [2.05, 4.69) is 5.16 Å². The number of carbonyl (C=O) groups is 1. The maximum Gasteiger partial charge on any atom is 0.338 e. The van der Waals surface area contributed by atoms with Gasteiger partial charge in [-0.3, -0.25) is 0 Å². The molecule has 0 radical (unpaired) electrons. The molecule has 16 heavy (non-hydrogen) atoms. The van der Waals surface area contributed by atoms with E-state index in [1.807, 2.05) is 12.1 Å². The largest absolute Gasteiger partial charge is 0.465 e. The lowest BCUT2D eigenvalue weighted by Gasteiger charge is -2.03. The van der Waals surface area contributed by atoms with Crippen molar-refractivity contribution >= 4 is 5.97 Å². The number of aromatic nitrogens is 1. The van der Waals surface area contributed by atoms with E-state index in [9.17, 15) is 4.79 Å². The van der Waals surface area contributed by atoms with Gasteiger partial charge in [-0.2, -0.15) is 0 Å². The van der Waals surface area contributed by atoms with Crippen molar-refractivity contribution in [2.45, 2.75) is 6.92 Å². The van der Waals surface area contributed by atoms with E-state index in [1.54, 1.807) is 25.1 Å². The Kier molecular flexibility index (Phi) is 2.72. The summed E-state index contributed by atoms with van der Waals surface area (Å²) >= 11 is 0. The molecule has 1 heterocycles. The first-order chi connectivity index (χ1) is 7.72. The zero-order chi connectivity index (χ0) is 11.5. The molecule has 0 bridgehead atoms. The van der Waals surface area contributed by atoms with Crippen LogP contribution in [-0.4, -0.2) is 18.2 Å². The Labute approximate surface area is 92.8 Å². The molecule has 0 saturated heterocycles. The summed E-state index contributed by atoms with van der Waals surface area (Å²) in [6.07, 6.45) is 0. The monoisotopic (exact) mass is 217 g/mol. The van der Waals surface area contributed by atoms with Crippen LogP contribution in [0.5, 0.6) is 0 Å². The van der Waals surface area contributed by atoms with Gasteiger partial charge >= 0.3 is 5.97 Å². The highest BCUT2D eigenvalue weighted by molar-refractivity contribution is 5.96. The molecule has 0 aliphatic carbocycles. The summed E-state index contributed by atoms with van der Waals surface area (Å²) in [6, 6.07) is 8.91. The Bertz CT molecular complexity index is 516. The van der Waals surface area contributed by atoms with E-state index in [0.29, 0.717) is 22.6 Å². The Morgan fingerprint density at radius 3 is 2.75 bits per heavy atom. The minimum absolute atomic E-state index is 0.378. The van der Waals surface area contributed by atoms with Gasteiger partial charge in [-0.05, 0) is 13.0 Å². The predicted octanol–water partition coefficient (Wildman–Crippen LogP) is 2.44. The van der Waals surface area contributed by atoms with E-state index in [-0.39, 0.29) is 5.97 Å². The SMILES string of the molecule is COC(=O)c1ccccc1-c1cc(C)on1. The number of hydrogen-bond acceptors (Lipinski definition) is 4. The Hall–Kier alpha value is -2.10. The molecule has 0 N–H and O–H groups in total. The summed E-state index contributed by atoms with van der Waals surface area (Å²) in [4.78, 5) is 11.5. The molecule has 0 atom stereocenters. The molecular formula is C12H11NO3. The molecule has 1 aromatic carbocycles. The third kappa shape index (κ3) is 1.82. The van der Waals surface area contributed by atoms with Gasteiger partial charge in [0.05, 0.1) is 12.7 Å². The molecular weight excluding hydrogens is 206 g/mol. The molecule has 0 spiro atoms. The average molecular weight is 217 g/mol. The first-order valence-corrected chi connectivity index (χ1v) is 4.83. The van der Waals surface area contributed by atoms with Crippen molar-refractivity contribution in [1.29, 1.82) is 0 Å². The number of methoxy groups -OCH3 is 1. The summed E-state index contributed by atoms with van der Waals surface area (Å²) in [7, 11) is 1.35. The first kappa shape index (κ1) is 10.4. The van der Waals surface area contributed by atoms with Gasteiger partial charge in [0.25, 0.3) is 0 Å². The average Bonchev–Trinajstić information content (AvgIpc) is 2.75. The van der Waals surface area contributed by atoms with Crippen LogP contribution in [0.2, 0.25) is 0 Å². The highest BCUT2D eigenvalue weighted by atomic mass is 16.5. The second-order valence-electron chi connectivity index (χ2n) is 3.36. The molecule has 1 aromatic heterocycles. The van der Waals surface area contributed by atoms with Crippen molar-refractivity contribution < 1.29 is 14.1 Å². The highest BCUT2D eigenvalue weighted by Crippen LogP contribution is 2.23. The van der Waals surface area contributed by atoms with Crippen LogP contribution in [0.4, 0.5) is 0 Å². The van der Waals surface area contributed by atoms with Crippen molar-refractivity contribution in [2.24, 2.45) is 0 Å². The standard InChI is InChI=1S/C12H11NO3/c1-8-7-11(13-16-8)9-5-3-4-6-10(9)12(14)15-2/h3-7H,1-2H3. The van der Waals surface area contributed by atoms with Gasteiger partial charge in [0.1, 0.15) is 11.5 Å². The minimum Gasteiger partial charge on any atom is -0.465 e. The minimum atomic E-state index is -0.378. The molecule has 2 rings (SSSR count). The van der Waals surface area contributed by atoms with Gasteiger partial charge in [0.2, 0.25) is 0 Å². The molecule has 0 aliphatic rings. The highest BCUT2D eigenvalue weighted by Gasteiger charge is 2.14. The van der Waals surface area contributed by atoms with Crippen LogP contribution in [0.25, 0.3) is 11.3 Å². The second kappa shape index (κ2) is 4.18. The van der Waals surface area contributed by atoms with E-state index in [4.69, 9.17) is 9.26 Å². The van der Waals surface area contributed by atoms with Gasteiger partial charge in [-0.15, -0.1) is 0 Å². The van der Waals surface area contributed by atoms with Crippen molar-refractivity contribution in [3.8, 4) is 11.3 Å². The van der Waals surface area contributed by atoms with Crippen LogP contribution < -0.4 is 0 Å². The molecule has 0 unspecified atom stereocenters. The lowest BCUT2D eigenvalue weighted by molar-refractivity contribution is 0.0601. The third-order valence-corrected chi connectivity index (χ3v) is 2.24. The van der Waals surface area contributed by atoms with Gasteiger partial charge < -0.3 is 9.26 Å². The fraction of sp³-hybridized carbons (Fsp3) is 0.167. The fourth-order valence-corrected chi connectivity index (χ4v) is 1.49. The Morgan fingerprint density at radius 1 is 1.38 bits per heavy atom. The fourth-order valence-electron chi connectivity index (χ4n) is 1.49. The van der Waals surface area contributed by atoms with Gasteiger partial charge in [0.15, 0.2) is 0 Å². The van der Waals surface area contributed by atoms with E-state index in [1.165, 1.54) is 7.11 Å². The Morgan fingerprint density at radius 2 is 2.12 bits per heavy atom. The van der Waals surface area contributed by atoms with Crippen LogP contribution in [0.1, 0.15) is 16.1 Å². The van der Waals surface area contributed by atoms with E-state index < -0.39 is 0 Å². The molecule has 0 amide bonds. The number of rotatable bonds is 2. The quantitative estimate of drug-likeness (QED) is 0.725. The van der Waals surface area contributed by atoms with Crippen molar-refractivity contribution in [3.05, 3.63) is 41.7 Å². The maximum absolute atomic E-state index is 11.5. The van der Waals surface area contributed by atoms with Crippen molar-refractivity contribution in [1.82, 2.24) is 5.16 Å². The lowest BCUT2D eigenvalue weighted by Crippen LogP contribution is -2.03. The number of aryl methyl sites for hydroxylation is 1. The van der Waals surface area contributed by atoms with E-state index >= 15 is 0 Å². The zero-order valence-electron chi connectivity index (χ0n) is 9.06. The number of hydrogen-bond donors (Lipinski definition) is 0. The molecule has 0 aliphatic heterocycles. The zero-order valence-corrected chi connectivity index (χ0v) is 9.06. The molecule has 82 valence electrons. The van der Waals surface area contributed by atoms with Crippen LogP contribution >= 0.6 is 0 Å². The predicted molar refractivity (Wildman–Crippen MR) is 58.0 cm³/mol. The van der Waals surface area contributed by atoms with Gasteiger partial charge in [0, 0.05) is 11.6 Å². The first-order valence-electron chi connectivity index (χ1n) is 4.83. The third-order valence-electron chi connectivity index (χ3n) is 2.24. The van der Waals surface area contributed by atoms with Gasteiger partial charge in [-0.1, -0.05) is 23.4 Å². The van der Waals surface area contributed by atoms with Crippen LogP contribution in [0, 0.1) is 6.92 Å². The summed E-state index contributed by atoms with van der Waals surface area (Å²) in [5, 5.41) is 3.88. The number of nitrogens with zero attached hydrogens (tertiary/aromatic N) is 1. The molecule has 0 fully saturated rings. The molecule has 4 heteroatoms. The number of ether oxygens (including phenoxy) is 1. The summed E-state index contributed by atoms with van der Waals surface area (Å²) in [5.41, 5.74) is 1.84. The summed E-state index contributed by atoms with van der Waals surface area (Å²) in [5.74, 6) is 0.325. The second-order valence-corrected chi connectivity index (χ2v) is 3.36. The number of benzene rings is 1. The maximum atomic E-state index is 11.5. The normalized spacial score (nSPS) is 10.1. The smallest absolute Gasteiger partial charge is 0.338 e. The van der Waals surface area contributed by atoms with Crippen LogP contribution in [0.3, 0.4) is 0 Å².